The van der Waals surface area contributed by atoms with Crippen LogP contribution in [0.3, 0.4) is 0 Å². The molecule has 154 valence electrons. The minimum Gasteiger partial charge on any atom is -0.461 e. The van der Waals surface area contributed by atoms with Crippen LogP contribution in [0.5, 0.6) is 0 Å². The number of anilines is 2. The van der Waals surface area contributed by atoms with E-state index in [0.717, 1.165) is 21.6 Å². The molecule has 0 radical (unpaired) electrons. The van der Waals surface area contributed by atoms with Gasteiger partial charge in [0.15, 0.2) is 5.65 Å². The number of hydrogen-bond acceptors (Lipinski definition) is 6. The van der Waals surface area contributed by atoms with Gasteiger partial charge in [-0.1, -0.05) is 0 Å². The first-order chi connectivity index (χ1) is 13.8. The molecule has 0 saturated heterocycles. The highest BCUT2D eigenvalue weighted by Crippen LogP contribution is 2.39. The molecule has 1 N–H and O–H groups in total. The molecule has 3 heterocycles. The molecule has 3 atom stereocenters. The maximum atomic E-state index is 14.2. The molecule has 8 nitrogen and oxygen atoms in total. The Morgan fingerprint density at radius 2 is 2.14 bits per heavy atom. The van der Waals surface area contributed by atoms with E-state index < -0.39 is 12.3 Å². The van der Waals surface area contributed by atoms with E-state index in [1.54, 1.807) is 12.4 Å². The number of halogens is 2. The molecule has 1 aliphatic carbocycles. The summed E-state index contributed by atoms with van der Waals surface area (Å²) < 4.78 is 23.6. The predicted octanol–water partition coefficient (Wildman–Crippen LogP) is 3.94. The van der Waals surface area contributed by atoms with Crippen molar-refractivity contribution in [3.05, 3.63) is 34.8 Å². The fourth-order valence-corrected chi connectivity index (χ4v) is 4.09. The van der Waals surface area contributed by atoms with Crippen LogP contribution in [0.15, 0.2) is 29.1 Å². The number of aromatic nitrogens is 5. The van der Waals surface area contributed by atoms with Crippen molar-refractivity contribution < 1.29 is 13.9 Å². The molecule has 1 saturated carbocycles. The number of alkyl halides is 1. The first kappa shape index (κ1) is 19.8. The van der Waals surface area contributed by atoms with Crippen molar-refractivity contribution in [3.63, 3.8) is 0 Å². The topological polar surface area (TPSA) is 86.3 Å². The van der Waals surface area contributed by atoms with Crippen LogP contribution in [0.4, 0.5) is 16.2 Å². The summed E-state index contributed by atoms with van der Waals surface area (Å²) in [6.07, 6.45) is 4.01. The lowest BCUT2D eigenvalue weighted by atomic mass is 10.0. The van der Waals surface area contributed by atoms with Crippen LogP contribution >= 0.6 is 15.9 Å². The molecule has 3 unspecified atom stereocenters. The molecule has 0 amide bonds. The van der Waals surface area contributed by atoms with Gasteiger partial charge < -0.3 is 10.1 Å². The molecule has 29 heavy (non-hydrogen) atoms. The van der Waals surface area contributed by atoms with E-state index in [9.17, 15) is 9.18 Å². The minimum absolute atomic E-state index is 0.120. The van der Waals surface area contributed by atoms with Crippen molar-refractivity contribution in [2.24, 2.45) is 0 Å². The van der Waals surface area contributed by atoms with Gasteiger partial charge in [-0.15, -0.1) is 0 Å². The zero-order chi connectivity index (χ0) is 20.8. The molecule has 1 fully saturated rings. The van der Waals surface area contributed by atoms with Gasteiger partial charge in [0.1, 0.15) is 18.1 Å². The molecule has 0 aromatic carbocycles. The fraction of sp³-hybridized carbons (Fsp3) is 0.474. The Balaban J connectivity index is 1.69. The van der Waals surface area contributed by atoms with Crippen molar-refractivity contribution in [1.82, 2.24) is 24.1 Å². The number of rotatable bonds is 5. The first-order valence-corrected chi connectivity index (χ1v) is 10.2. The molecule has 4 rings (SSSR count). The highest BCUT2D eigenvalue weighted by molar-refractivity contribution is 9.10. The summed E-state index contributed by atoms with van der Waals surface area (Å²) in [6, 6.07) is 1.92. The van der Waals surface area contributed by atoms with Gasteiger partial charge in [0.05, 0.1) is 15.7 Å². The number of nitrogens with one attached hydrogen (secondary N) is 1. The number of carbonyl (C=O) groups excluding carboxylic acids is 1. The average molecular weight is 465 g/mol. The Hall–Kier alpha value is -2.49. The van der Waals surface area contributed by atoms with Crippen LogP contribution in [0, 0.1) is 0 Å². The molecule has 0 aliphatic heterocycles. The molecule has 3 aromatic rings. The van der Waals surface area contributed by atoms with Crippen LogP contribution < -0.4 is 5.32 Å². The van der Waals surface area contributed by atoms with Gasteiger partial charge >= 0.3 is 0 Å². The Bertz CT molecular complexity index is 1040. The molecular formula is C19H22BrFN6O2. The Morgan fingerprint density at radius 3 is 2.86 bits per heavy atom. The second-order valence-electron chi connectivity index (χ2n) is 8.17. The summed E-state index contributed by atoms with van der Waals surface area (Å²) in [7, 11) is 0. The lowest BCUT2D eigenvalue weighted by Gasteiger charge is -2.22. The first-order valence-electron chi connectivity index (χ1n) is 9.36. The third kappa shape index (κ3) is 3.73. The number of ether oxygens (including phenoxy) is 1. The zero-order valence-corrected chi connectivity index (χ0v) is 17.9. The number of carbonyl (C=O) groups is 1. The van der Waals surface area contributed by atoms with Gasteiger partial charge in [0.2, 0.25) is 5.95 Å². The minimum atomic E-state index is -1.18. The van der Waals surface area contributed by atoms with E-state index in [4.69, 9.17) is 9.84 Å². The standard InChI is InChI=1S/C19H22BrFN6O2/c1-19(2,3)27-16(24-18-23-9-12(20)17-22-4-5-26(17)18)8-14(25-27)11-6-13(21)15(7-11)29-10-28/h4-5,8-11,13,15H,6-7H2,1-3H3,(H,23,24). The summed E-state index contributed by atoms with van der Waals surface area (Å²) in [5, 5.41) is 8.09. The average Bonchev–Trinajstić information content (AvgIpc) is 3.36. The van der Waals surface area contributed by atoms with Crippen LogP contribution in [-0.4, -0.2) is 42.9 Å². The zero-order valence-electron chi connectivity index (χ0n) is 16.3. The van der Waals surface area contributed by atoms with Crippen molar-refractivity contribution in [2.75, 3.05) is 5.32 Å². The Morgan fingerprint density at radius 1 is 1.34 bits per heavy atom. The SMILES string of the molecule is CC(C)(C)n1nc(C2CC(F)C(OC=O)C2)cc1Nc1ncc(Br)c2nccn12. The lowest BCUT2D eigenvalue weighted by Crippen LogP contribution is -2.25. The quantitative estimate of drug-likeness (QED) is 0.575. The van der Waals surface area contributed by atoms with E-state index in [1.165, 1.54) is 0 Å². The summed E-state index contributed by atoms with van der Waals surface area (Å²) in [5.41, 5.74) is 1.20. The third-order valence-corrected chi connectivity index (χ3v) is 5.62. The van der Waals surface area contributed by atoms with Crippen LogP contribution in [0.2, 0.25) is 0 Å². The number of fused-ring (bicyclic) bond motifs is 1. The molecular weight excluding hydrogens is 443 g/mol. The molecule has 3 aromatic heterocycles. The largest absolute Gasteiger partial charge is 0.461 e. The van der Waals surface area contributed by atoms with E-state index in [0.29, 0.717) is 18.8 Å². The molecule has 0 spiro atoms. The van der Waals surface area contributed by atoms with Gasteiger partial charge in [-0.05, 0) is 49.5 Å². The summed E-state index contributed by atoms with van der Waals surface area (Å²) in [6.45, 7) is 6.45. The third-order valence-electron chi connectivity index (χ3n) is 5.06. The van der Waals surface area contributed by atoms with Gasteiger partial charge in [-0.2, -0.15) is 5.10 Å². The van der Waals surface area contributed by atoms with Crippen molar-refractivity contribution in [3.8, 4) is 0 Å². The smallest absolute Gasteiger partial charge is 0.293 e. The highest BCUT2D eigenvalue weighted by atomic mass is 79.9. The lowest BCUT2D eigenvalue weighted by molar-refractivity contribution is -0.135. The van der Waals surface area contributed by atoms with Crippen molar-refractivity contribution in [2.45, 2.75) is 57.3 Å². The van der Waals surface area contributed by atoms with E-state index in [1.807, 2.05) is 42.1 Å². The summed E-state index contributed by atoms with van der Waals surface area (Å²) in [5.74, 6) is 1.22. The second-order valence-corrected chi connectivity index (χ2v) is 9.02. The van der Waals surface area contributed by atoms with Crippen LogP contribution in [0.1, 0.15) is 45.2 Å². The van der Waals surface area contributed by atoms with Gasteiger partial charge in [0, 0.05) is 30.6 Å². The number of nitrogens with zero attached hydrogens (tertiary/aromatic N) is 5. The summed E-state index contributed by atoms with van der Waals surface area (Å²) >= 11 is 3.45. The van der Waals surface area contributed by atoms with Crippen molar-refractivity contribution in [1.29, 1.82) is 0 Å². The predicted molar refractivity (Wildman–Crippen MR) is 109 cm³/mol. The van der Waals surface area contributed by atoms with Gasteiger partial charge in [-0.25, -0.2) is 19.0 Å². The normalized spacial score (nSPS) is 22.2. The van der Waals surface area contributed by atoms with Crippen molar-refractivity contribution >= 4 is 39.8 Å². The van der Waals surface area contributed by atoms with E-state index in [2.05, 4.69) is 31.2 Å². The Kier molecular flexibility index (Phi) is 5.05. The molecule has 0 bridgehead atoms. The van der Waals surface area contributed by atoms with Crippen LogP contribution in [0.25, 0.3) is 5.65 Å². The van der Waals surface area contributed by atoms with Gasteiger partial charge in [-0.3, -0.25) is 9.20 Å². The highest BCUT2D eigenvalue weighted by Gasteiger charge is 2.38. The maximum absolute atomic E-state index is 14.2. The van der Waals surface area contributed by atoms with E-state index in [-0.39, 0.29) is 17.9 Å². The maximum Gasteiger partial charge on any atom is 0.293 e. The molecule has 1 aliphatic rings. The number of hydrogen-bond donors (Lipinski definition) is 1. The van der Waals surface area contributed by atoms with Gasteiger partial charge in [0.25, 0.3) is 6.47 Å². The Labute approximate surface area is 175 Å². The fourth-order valence-electron chi connectivity index (χ4n) is 3.70. The second kappa shape index (κ2) is 7.40. The summed E-state index contributed by atoms with van der Waals surface area (Å²) in [4.78, 5) is 19.4. The molecule has 10 heteroatoms. The number of imidazole rings is 1. The van der Waals surface area contributed by atoms with Crippen LogP contribution in [-0.2, 0) is 15.1 Å². The van der Waals surface area contributed by atoms with E-state index >= 15 is 0 Å². The monoisotopic (exact) mass is 464 g/mol.